The van der Waals surface area contributed by atoms with Gasteiger partial charge in [0.25, 0.3) is 0 Å². The van der Waals surface area contributed by atoms with Crippen molar-refractivity contribution in [2.75, 3.05) is 25.3 Å². The van der Waals surface area contributed by atoms with Gasteiger partial charge in [-0.15, -0.1) is 0 Å². The molecule has 0 unspecified atom stereocenters. The summed E-state index contributed by atoms with van der Waals surface area (Å²) in [4.78, 5) is 0. The Balaban J connectivity index is 3.12. The van der Waals surface area contributed by atoms with E-state index in [1.807, 2.05) is 26.0 Å². The molecule has 0 heterocycles. The van der Waals surface area contributed by atoms with Gasteiger partial charge in [-0.25, -0.2) is 5.01 Å². The van der Waals surface area contributed by atoms with Gasteiger partial charge in [0, 0.05) is 19.8 Å². The maximum absolute atomic E-state index is 8.80. The number of nitrogens with zero attached hydrogens (tertiary/aromatic N) is 2. The van der Waals surface area contributed by atoms with E-state index in [1.54, 1.807) is 12.1 Å². The molecule has 1 aromatic carbocycles. The quantitative estimate of drug-likeness (QED) is 0.545. The van der Waals surface area contributed by atoms with Crippen LogP contribution < -0.4 is 11.2 Å². The van der Waals surface area contributed by atoms with Crippen LogP contribution in [0.2, 0.25) is 0 Å². The number of aryl methyl sites for hydroxylation is 1. The number of nitrogen functional groups attached to an aromatic ring is 1. The molecule has 0 aliphatic carbocycles. The monoisotopic (exact) mass is 190 g/mol. The van der Waals surface area contributed by atoms with Crippen LogP contribution in [0.3, 0.4) is 0 Å². The van der Waals surface area contributed by atoms with E-state index in [0.717, 1.165) is 11.3 Å². The van der Waals surface area contributed by atoms with Gasteiger partial charge in [-0.05, 0) is 24.6 Å². The van der Waals surface area contributed by atoms with E-state index in [0.29, 0.717) is 11.3 Å². The lowest BCUT2D eigenvalue weighted by Gasteiger charge is -2.16. The highest BCUT2D eigenvalue weighted by molar-refractivity contribution is 5.65. The Morgan fingerprint density at radius 3 is 2.57 bits per heavy atom. The standard InChI is InChI=1S/C10H14N4/c1-7-4-9(12)8(6-11)5-10(7)13-14(2)3/h4-5,13H,12H2,1-3H3. The predicted octanol–water partition coefficient (Wildman–Crippen LogP) is 1.34. The first-order chi connectivity index (χ1) is 6.54. The lowest BCUT2D eigenvalue weighted by molar-refractivity contribution is 0.495. The molecule has 0 aliphatic heterocycles. The molecule has 3 N–H and O–H groups in total. The first-order valence-corrected chi connectivity index (χ1v) is 4.29. The largest absolute Gasteiger partial charge is 0.398 e. The third-order valence-corrected chi connectivity index (χ3v) is 1.86. The number of nitrogens with one attached hydrogen (secondary N) is 1. The zero-order valence-corrected chi connectivity index (χ0v) is 8.63. The number of rotatable bonds is 2. The number of benzene rings is 1. The van der Waals surface area contributed by atoms with Gasteiger partial charge in [-0.1, -0.05) is 0 Å². The fourth-order valence-corrected chi connectivity index (χ4v) is 1.19. The lowest BCUT2D eigenvalue weighted by Crippen LogP contribution is -2.20. The first kappa shape index (κ1) is 10.4. The molecule has 1 rings (SSSR count). The SMILES string of the molecule is Cc1cc(N)c(C#N)cc1NN(C)C. The fourth-order valence-electron chi connectivity index (χ4n) is 1.19. The molecular weight excluding hydrogens is 176 g/mol. The fraction of sp³-hybridized carbons (Fsp3) is 0.300. The summed E-state index contributed by atoms with van der Waals surface area (Å²) in [7, 11) is 3.78. The summed E-state index contributed by atoms with van der Waals surface area (Å²) in [6, 6.07) is 5.60. The van der Waals surface area contributed by atoms with Crippen molar-refractivity contribution in [1.29, 1.82) is 5.26 Å². The molecular formula is C10H14N4. The smallest absolute Gasteiger partial charge is 0.101 e. The van der Waals surface area contributed by atoms with Crippen LogP contribution in [-0.4, -0.2) is 19.1 Å². The Labute approximate surface area is 83.9 Å². The van der Waals surface area contributed by atoms with Crippen LogP contribution in [0.4, 0.5) is 11.4 Å². The Hall–Kier alpha value is -1.73. The Morgan fingerprint density at radius 2 is 2.07 bits per heavy atom. The summed E-state index contributed by atoms with van der Waals surface area (Å²) < 4.78 is 0. The molecule has 0 saturated carbocycles. The normalized spacial score (nSPS) is 9.93. The second kappa shape index (κ2) is 3.99. The van der Waals surface area contributed by atoms with Gasteiger partial charge < -0.3 is 11.2 Å². The molecule has 0 spiro atoms. The van der Waals surface area contributed by atoms with E-state index < -0.39 is 0 Å². The van der Waals surface area contributed by atoms with Gasteiger partial charge >= 0.3 is 0 Å². The molecule has 0 radical (unpaired) electrons. The number of nitriles is 1. The van der Waals surface area contributed by atoms with Crippen molar-refractivity contribution in [3.05, 3.63) is 23.3 Å². The number of anilines is 2. The highest BCUT2D eigenvalue weighted by Gasteiger charge is 2.04. The van der Waals surface area contributed by atoms with Crippen molar-refractivity contribution in [3.8, 4) is 6.07 Å². The van der Waals surface area contributed by atoms with E-state index in [2.05, 4.69) is 11.5 Å². The molecule has 0 fully saturated rings. The molecule has 1 aromatic rings. The molecule has 4 nitrogen and oxygen atoms in total. The maximum atomic E-state index is 8.80. The predicted molar refractivity (Wildman–Crippen MR) is 57.6 cm³/mol. The molecule has 14 heavy (non-hydrogen) atoms. The van der Waals surface area contributed by atoms with Crippen LogP contribution in [0.25, 0.3) is 0 Å². The molecule has 0 aromatic heterocycles. The Bertz CT molecular complexity index is 376. The zero-order valence-electron chi connectivity index (χ0n) is 8.63. The van der Waals surface area contributed by atoms with Crippen LogP contribution in [0.5, 0.6) is 0 Å². The van der Waals surface area contributed by atoms with E-state index in [-0.39, 0.29) is 0 Å². The van der Waals surface area contributed by atoms with Crippen LogP contribution in [0.15, 0.2) is 12.1 Å². The second-order valence-electron chi connectivity index (χ2n) is 3.37. The van der Waals surface area contributed by atoms with Crippen molar-refractivity contribution >= 4 is 11.4 Å². The Morgan fingerprint density at radius 1 is 1.43 bits per heavy atom. The molecule has 0 aliphatic rings. The van der Waals surface area contributed by atoms with E-state index in [1.165, 1.54) is 0 Å². The van der Waals surface area contributed by atoms with Gasteiger partial charge in [0.1, 0.15) is 6.07 Å². The van der Waals surface area contributed by atoms with Gasteiger partial charge in [-0.3, -0.25) is 0 Å². The van der Waals surface area contributed by atoms with E-state index in [9.17, 15) is 0 Å². The van der Waals surface area contributed by atoms with E-state index in [4.69, 9.17) is 11.0 Å². The summed E-state index contributed by atoms with van der Waals surface area (Å²) in [6.07, 6.45) is 0. The molecule has 0 atom stereocenters. The highest BCUT2D eigenvalue weighted by Crippen LogP contribution is 2.22. The molecule has 0 amide bonds. The molecule has 0 bridgehead atoms. The molecule has 74 valence electrons. The number of hydrazine groups is 1. The minimum absolute atomic E-state index is 0.500. The topological polar surface area (TPSA) is 65.1 Å². The van der Waals surface area contributed by atoms with Gasteiger partial charge in [0.15, 0.2) is 0 Å². The minimum atomic E-state index is 0.500. The highest BCUT2D eigenvalue weighted by atomic mass is 15.5. The summed E-state index contributed by atoms with van der Waals surface area (Å²) >= 11 is 0. The van der Waals surface area contributed by atoms with Gasteiger partial charge in [0.05, 0.1) is 11.3 Å². The van der Waals surface area contributed by atoms with Gasteiger partial charge in [-0.2, -0.15) is 5.26 Å². The molecule has 0 saturated heterocycles. The van der Waals surface area contributed by atoms with Crippen LogP contribution >= 0.6 is 0 Å². The summed E-state index contributed by atoms with van der Waals surface area (Å²) in [5.74, 6) is 0. The number of hydrogen-bond donors (Lipinski definition) is 2. The third kappa shape index (κ3) is 2.15. The second-order valence-corrected chi connectivity index (χ2v) is 3.37. The van der Waals surface area contributed by atoms with Crippen LogP contribution in [0.1, 0.15) is 11.1 Å². The maximum Gasteiger partial charge on any atom is 0.101 e. The summed E-state index contributed by atoms with van der Waals surface area (Å²) in [6.45, 7) is 1.95. The Kier molecular flexibility index (Phi) is 2.95. The van der Waals surface area contributed by atoms with Crippen molar-refractivity contribution in [2.24, 2.45) is 0 Å². The summed E-state index contributed by atoms with van der Waals surface area (Å²) in [5.41, 5.74) is 11.7. The third-order valence-electron chi connectivity index (χ3n) is 1.86. The summed E-state index contributed by atoms with van der Waals surface area (Å²) in [5, 5.41) is 10.6. The van der Waals surface area contributed by atoms with E-state index >= 15 is 0 Å². The first-order valence-electron chi connectivity index (χ1n) is 4.29. The lowest BCUT2D eigenvalue weighted by atomic mass is 10.1. The average molecular weight is 190 g/mol. The van der Waals surface area contributed by atoms with Crippen molar-refractivity contribution in [3.63, 3.8) is 0 Å². The average Bonchev–Trinajstić information content (AvgIpc) is 2.09. The number of hydrogen-bond acceptors (Lipinski definition) is 4. The van der Waals surface area contributed by atoms with Crippen molar-refractivity contribution < 1.29 is 0 Å². The van der Waals surface area contributed by atoms with Gasteiger partial charge in [0.2, 0.25) is 0 Å². The van der Waals surface area contributed by atoms with Crippen LogP contribution in [-0.2, 0) is 0 Å². The van der Waals surface area contributed by atoms with Crippen molar-refractivity contribution in [2.45, 2.75) is 6.92 Å². The van der Waals surface area contributed by atoms with Crippen molar-refractivity contribution in [1.82, 2.24) is 5.01 Å². The number of nitrogens with two attached hydrogens (primary N) is 1. The zero-order chi connectivity index (χ0) is 10.7. The molecule has 4 heteroatoms. The minimum Gasteiger partial charge on any atom is -0.398 e. The van der Waals surface area contributed by atoms with Crippen LogP contribution in [0, 0.1) is 18.3 Å².